The monoisotopic (exact) mass is 336 g/mol. The van der Waals surface area contributed by atoms with E-state index in [1.54, 1.807) is 13.8 Å². The number of halogens is 3. The number of rotatable bonds is 2. The molecule has 0 saturated heterocycles. The van der Waals surface area contributed by atoms with Crippen LogP contribution < -0.4 is 5.32 Å². The second kappa shape index (κ2) is 5.55. The number of aryl methyl sites for hydroxylation is 2. The predicted octanol–water partition coefficient (Wildman–Crippen LogP) is 2.41. The Balaban J connectivity index is 1.92. The molecule has 0 atom stereocenters. The summed E-state index contributed by atoms with van der Waals surface area (Å²) >= 11 is 0. The molecule has 2 aromatic heterocycles. The number of fused-ring (bicyclic) bond motifs is 1. The molecule has 1 N–H and O–H groups in total. The summed E-state index contributed by atoms with van der Waals surface area (Å²) in [7, 11) is 0. The van der Waals surface area contributed by atoms with Crippen molar-refractivity contribution in [3.05, 3.63) is 47.0 Å². The van der Waals surface area contributed by atoms with E-state index >= 15 is 0 Å². The second-order valence-electron chi connectivity index (χ2n) is 5.04. The molecular formula is C14H11F3N6O. The van der Waals surface area contributed by atoms with Gasteiger partial charge in [0.25, 0.3) is 11.7 Å². The van der Waals surface area contributed by atoms with E-state index in [-0.39, 0.29) is 17.2 Å². The van der Waals surface area contributed by atoms with Crippen LogP contribution in [0.4, 0.5) is 18.9 Å². The fourth-order valence-corrected chi connectivity index (χ4v) is 2.13. The smallest absolute Gasteiger partial charge is 0.321 e. The number of amides is 1. The molecule has 3 rings (SSSR count). The summed E-state index contributed by atoms with van der Waals surface area (Å²) in [6.07, 6.45) is -4.49. The van der Waals surface area contributed by atoms with Crippen LogP contribution in [0.3, 0.4) is 0 Å². The van der Waals surface area contributed by atoms with Gasteiger partial charge in [0.1, 0.15) is 5.82 Å². The first-order valence-corrected chi connectivity index (χ1v) is 6.81. The quantitative estimate of drug-likeness (QED) is 0.777. The number of hydrogen-bond donors (Lipinski definition) is 1. The van der Waals surface area contributed by atoms with E-state index in [0.717, 1.165) is 12.1 Å². The van der Waals surface area contributed by atoms with Crippen molar-refractivity contribution in [3.63, 3.8) is 0 Å². The number of nitrogens with one attached hydrogen (secondary N) is 1. The Hall–Kier alpha value is -3.04. The SMILES string of the molecule is Cc1nc2nnc(C(=O)Nc3cccc(C(F)(F)F)c3)c(C)n2n1. The van der Waals surface area contributed by atoms with Gasteiger partial charge in [-0.05, 0) is 32.0 Å². The van der Waals surface area contributed by atoms with Crippen LogP contribution in [0.2, 0.25) is 0 Å². The lowest BCUT2D eigenvalue weighted by molar-refractivity contribution is -0.137. The first-order chi connectivity index (χ1) is 11.3. The van der Waals surface area contributed by atoms with Gasteiger partial charge in [-0.15, -0.1) is 15.3 Å². The molecule has 0 saturated carbocycles. The third-order valence-electron chi connectivity index (χ3n) is 3.26. The van der Waals surface area contributed by atoms with Gasteiger partial charge in [-0.3, -0.25) is 4.79 Å². The standard InChI is InChI=1S/C14H11F3N6O/c1-7-11(20-21-13-18-8(2)22-23(7)13)12(24)19-10-5-3-4-9(6-10)14(15,16)17/h3-6H,1-2H3,(H,19,24). The van der Waals surface area contributed by atoms with Gasteiger partial charge in [-0.1, -0.05) is 6.07 Å². The lowest BCUT2D eigenvalue weighted by atomic mass is 10.2. The molecule has 1 aromatic carbocycles. The highest BCUT2D eigenvalue weighted by Crippen LogP contribution is 2.30. The van der Waals surface area contributed by atoms with E-state index in [1.165, 1.54) is 16.6 Å². The highest BCUT2D eigenvalue weighted by molar-refractivity contribution is 6.03. The zero-order valence-corrected chi connectivity index (χ0v) is 12.6. The Morgan fingerprint density at radius 1 is 1.21 bits per heavy atom. The molecule has 0 aliphatic carbocycles. The number of alkyl halides is 3. The van der Waals surface area contributed by atoms with E-state index in [9.17, 15) is 18.0 Å². The molecule has 124 valence electrons. The van der Waals surface area contributed by atoms with Crippen molar-refractivity contribution in [2.45, 2.75) is 20.0 Å². The maximum Gasteiger partial charge on any atom is 0.416 e. The zero-order valence-electron chi connectivity index (χ0n) is 12.6. The molecule has 0 radical (unpaired) electrons. The van der Waals surface area contributed by atoms with E-state index in [4.69, 9.17) is 0 Å². The minimum Gasteiger partial charge on any atom is -0.321 e. The maximum absolute atomic E-state index is 12.7. The van der Waals surface area contributed by atoms with Crippen molar-refractivity contribution in [1.82, 2.24) is 24.8 Å². The van der Waals surface area contributed by atoms with E-state index in [0.29, 0.717) is 11.5 Å². The zero-order chi connectivity index (χ0) is 17.5. The van der Waals surface area contributed by atoms with Crippen LogP contribution in [0, 0.1) is 13.8 Å². The summed E-state index contributed by atoms with van der Waals surface area (Å²) in [6, 6.07) is 4.33. The lowest BCUT2D eigenvalue weighted by Crippen LogP contribution is -2.19. The summed E-state index contributed by atoms with van der Waals surface area (Å²) in [4.78, 5) is 16.3. The summed E-state index contributed by atoms with van der Waals surface area (Å²) in [5.74, 6) is 0.0119. The number of benzene rings is 1. The van der Waals surface area contributed by atoms with Gasteiger partial charge in [-0.2, -0.15) is 22.7 Å². The van der Waals surface area contributed by atoms with E-state index < -0.39 is 17.6 Å². The molecule has 0 fully saturated rings. The van der Waals surface area contributed by atoms with Crippen LogP contribution in [0.25, 0.3) is 5.78 Å². The summed E-state index contributed by atoms with van der Waals surface area (Å²) in [5, 5.41) is 14.0. The Bertz CT molecular complexity index is 934. The van der Waals surface area contributed by atoms with Crippen LogP contribution in [0.5, 0.6) is 0 Å². The molecule has 3 aromatic rings. The number of aromatic nitrogens is 5. The highest BCUT2D eigenvalue weighted by atomic mass is 19.4. The van der Waals surface area contributed by atoms with Crippen LogP contribution >= 0.6 is 0 Å². The molecule has 10 heteroatoms. The minimum absolute atomic E-state index is 0.00546. The Labute approximate surface area is 133 Å². The van der Waals surface area contributed by atoms with Crippen molar-refractivity contribution >= 4 is 17.4 Å². The van der Waals surface area contributed by atoms with Crippen molar-refractivity contribution in [3.8, 4) is 0 Å². The molecule has 0 aliphatic rings. The Morgan fingerprint density at radius 2 is 1.96 bits per heavy atom. The van der Waals surface area contributed by atoms with Gasteiger partial charge >= 0.3 is 6.18 Å². The maximum atomic E-state index is 12.7. The first-order valence-electron chi connectivity index (χ1n) is 6.81. The average molecular weight is 336 g/mol. The highest BCUT2D eigenvalue weighted by Gasteiger charge is 2.30. The van der Waals surface area contributed by atoms with Crippen molar-refractivity contribution in [2.75, 3.05) is 5.32 Å². The van der Waals surface area contributed by atoms with Gasteiger partial charge in [0, 0.05) is 5.69 Å². The summed E-state index contributed by atoms with van der Waals surface area (Å²) in [5.41, 5.74) is -0.522. The number of nitrogens with zero attached hydrogens (tertiary/aromatic N) is 5. The number of carbonyl (C=O) groups excluding carboxylic acids is 1. The number of hydrogen-bond acceptors (Lipinski definition) is 5. The number of carbonyl (C=O) groups is 1. The third-order valence-corrected chi connectivity index (χ3v) is 3.26. The lowest BCUT2D eigenvalue weighted by Gasteiger charge is -2.10. The second-order valence-corrected chi connectivity index (χ2v) is 5.04. The fraction of sp³-hybridized carbons (Fsp3) is 0.214. The molecule has 1 amide bonds. The fourth-order valence-electron chi connectivity index (χ4n) is 2.13. The normalized spacial score (nSPS) is 11.7. The van der Waals surface area contributed by atoms with Crippen molar-refractivity contribution in [2.24, 2.45) is 0 Å². The third kappa shape index (κ3) is 2.90. The minimum atomic E-state index is -4.49. The number of anilines is 1. The van der Waals surface area contributed by atoms with E-state index in [2.05, 4.69) is 25.6 Å². The van der Waals surface area contributed by atoms with Crippen molar-refractivity contribution in [1.29, 1.82) is 0 Å². The van der Waals surface area contributed by atoms with Crippen LogP contribution in [0.15, 0.2) is 24.3 Å². The van der Waals surface area contributed by atoms with Crippen LogP contribution in [0.1, 0.15) is 27.6 Å². The summed E-state index contributed by atoms with van der Waals surface area (Å²) < 4.78 is 39.5. The van der Waals surface area contributed by atoms with E-state index in [1.807, 2.05) is 0 Å². The Kier molecular flexibility index (Phi) is 3.66. The van der Waals surface area contributed by atoms with Gasteiger partial charge in [0.2, 0.25) is 0 Å². The largest absolute Gasteiger partial charge is 0.416 e. The van der Waals surface area contributed by atoms with Gasteiger partial charge < -0.3 is 5.32 Å². The molecule has 24 heavy (non-hydrogen) atoms. The van der Waals surface area contributed by atoms with Gasteiger partial charge in [0.15, 0.2) is 5.69 Å². The molecule has 7 nitrogen and oxygen atoms in total. The van der Waals surface area contributed by atoms with Crippen molar-refractivity contribution < 1.29 is 18.0 Å². The predicted molar refractivity (Wildman–Crippen MR) is 77.4 cm³/mol. The van der Waals surface area contributed by atoms with Gasteiger partial charge in [-0.25, -0.2) is 0 Å². The molecule has 0 bridgehead atoms. The van der Waals surface area contributed by atoms with Gasteiger partial charge in [0.05, 0.1) is 11.3 Å². The molecule has 0 aliphatic heterocycles. The molecule has 0 unspecified atom stereocenters. The first kappa shape index (κ1) is 15.8. The summed E-state index contributed by atoms with van der Waals surface area (Å²) in [6.45, 7) is 3.26. The molecule has 2 heterocycles. The Morgan fingerprint density at radius 3 is 2.67 bits per heavy atom. The topological polar surface area (TPSA) is 85.1 Å². The molecular weight excluding hydrogens is 325 g/mol. The molecule has 0 spiro atoms. The van der Waals surface area contributed by atoms with Crippen LogP contribution in [-0.2, 0) is 6.18 Å². The van der Waals surface area contributed by atoms with Crippen LogP contribution in [-0.4, -0.2) is 30.7 Å². The average Bonchev–Trinajstić information content (AvgIpc) is 2.88.